The molecule has 4 heteroatoms. The Morgan fingerprint density at radius 1 is 1.15 bits per heavy atom. The number of cyclic esters (lactones) is 1. The fourth-order valence-corrected chi connectivity index (χ4v) is 10.2. The van der Waals surface area contributed by atoms with E-state index >= 15 is 0 Å². The van der Waals surface area contributed by atoms with Crippen molar-refractivity contribution in [3.05, 3.63) is 23.8 Å². The van der Waals surface area contributed by atoms with E-state index < -0.39 is 17.1 Å². The van der Waals surface area contributed by atoms with Crippen molar-refractivity contribution < 1.29 is 19.7 Å². The van der Waals surface area contributed by atoms with Crippen molar-refractivity contribution in [2.24, 2.45) is 39.4 Å². The van der Waals surface area contributed by atoms with Crippen LogP contribution in [0.3, 0.4) is 0 Å². The molecule has 0 radical (unpaired) electrons. The number of ether oxygens (including phenoxy) is 1. The van der Waals surface area contributed by atoms with Gasteiger partial charge in [0.25, 0.3) is 0 Å². The minimum absolute atomic E-state index is 0.0691. The van der Waals surface area contributed by atoms with E-state index in [9.17, 15) is 15.0 Å². The third kappa shape index (κ3) is 2.88. The lowest BCUT2D eigenvalue weighted by Crippen LogP contribution is -2.59. The van der Waals surface area contributed by atoms with Gasteiger partial charge in [0.1, 0.15) is 5.60 Å². The molecular formula is C30H46O4. The second-order valence-electron chi connectivity index (χ2n) is 14.0. The Kier molecular flexibility index (Phi) is 5.38. The third-order valence-corrected chi connectivity index (χ3v) is 11.9. The van der Waals surface area contributed by atoms with Gasteiger partial charge in [0, 0.05) is 11.3 Å². The van der Waals surface area contributed by atoms with Gasteiger partial charge >= 0.3 is 5.97 Å². The summed E-state index contributed by atoms with van der Waals surface area (Å²) >= 11 is 0. The normalized spacial score (nSPS) is 51.0. The maximum atomic E-state index is 13.8. The summed E-state index contributed by atoms with van der Waals surface area (Å²) in [6.45, 7) is 17.3. The summed E-state index contributed by atoms with van der Waals surface area (Å²) in [6.07, 6.45) is 9.52. The zero-order valence-electron chi connectivity index (χ0n) is 22.2. The van der Waals surface area contributed by atoms with E-state index in [4.69, 9.17) is 4.74 Å². The summed E-state index contributed by atoms with van der Waals surface area (Å²) in [5.41, 5.74) is 0.960. The molecule has 0 bridgehead atoms. The molecule has 1 aliphatic heterocycles. The number of rotatable bonds is 4. The molecule has 0 unspecified atom stereocenters. The lowest BCUT2D eigenvalue weighted by atomic mass is 9.41. The first kappa shape index (κ1) is 24.6. The molecular weight excluding hydrogens is 424 g/mol. The number of fused-ring (bicyclic) bond motifs is 4. The van der Waals surface area contributed by atoms with Crippen molar-refractivity contribution in [2.75, 3.05) is 0 Å². The average Bonchev–Trinajstić information content (AvgIpc) is 3.11. The molecule has 1 spiro atoms. The van der Waals surface area contributed by atoms with Gasteiger partial charge in [0.2, 0.25) is 0 Å². The molecule has 4 aliphatic carbocycles. The molecule has 1 heterocycles. The van der Waals surface area contributed by atoms with Gasteiger partial charge in [-0.2, -0.15) is 0 Å². The summed E-state index contributed by atoms with van der Waals surface area (Å²) in [6, 6.07) is 0. The largest absolute Gasteiger partial charge is 0.458 e. The molecule has 0 aromatic heterocycles. The molecule has 2 N–H and O–H groups in total. The number of allylic oxidation sites excluding steroid dienone is 3. The molecule has 190 valence electrons. The van der Waals surface area contributed by atoms with Crippen LogP contribution < -0.4 is 0 Å². The molecule has 0 aromatic carbocycles. The Morgan fingerprint density at radius 3 is 2.53 bits per heavy atom. The first-order valence-electron chi connectivity index (χ1n) is 13.7. The van der Waals surface area contributed by atoms with E-state index in [-0.39, 0.29) is 34.2 Å². The molecule has 5 aliphatic rings. The van der Waals surface area contributed by atoms with Crippen molar-refractivity contribution >= 4 is 5.97 Å². The fraction of sp³-hybridized carbons (Fsp3) is 0.833. The SMILES string of the molecule is C=C(C)CCC[C@]1(C)OC(=O)[C@]23CC[C@@H]4C(=CC[C@H]5C(C)(C)[C@@H](O)CC[C@]45C)[C@]2(C)C[C@@H](O)[C@@H]31. The molecule has 34 heavy (non-hydrogen) atoms. The van der Waals surface area contributed by atoms with Crippen LogP contribution in [0.2, 0.25) is 0 Å². The van der Waals surface area contributed by atoms with Crippen LogP contribution in [0.5, 0.6) is 0 Å². The number of aliphatic hydroxyl groups is 2. The highest BCUT2D eigenvalue weighted by Crippen LogP contribution is 2.76. The lowest BCUT2D eigenvalue weighted by molar-refractivity contribution is -0.163. The molecule has 0 aromatic rings. The van der Waals surface area contributed by atoms with Gasteiger partial charge in [0.15, 0.2) is 0 Å². The highest BCUT2D eigenvalue weighted by atomic mass is 16.6. The van der Waals surface area contributed by atoms with Crippen LogP contribution in [0, 0.1) is 39.4 Å². The summed E-state index contributed by atoms with van der Waals surface area (Å²) < 4.78 is 6.26. The number of carbonyl (C=O) groups is 1. The summed E-state index contributed by atoms with van der Waals surface area (Å²) in [7, 11) is 0. The summed E-state index contributed by atoms with van der Waals surface area (Å²) in [5.74, 6) is 0.614. The zero-order chi connectivity index (χ0) is 24.9. The number of aliphatic hydroxyl groups excluding tert-OH is 2. The maximum Gasteiger partial charge on any atom is 0.314 e. The van der Waals surface area contributed by atoms with E-state index in [0.29, 0.717) is 18.3 Å². The van der Waals surface area contributed by atoms with Crippen LogP contribution >= 0.6 is 0 Å². The smallest absolute Gasteiger partial charge is 0.314 e. The Balaban J connectivity index is 1.54. The summed E-state index contributed by atoms with van der Waals surface area (Å²) in [4.78, 5) is 13.8. The van der Waals surface area contributed by atoms with Gasteiger partial charge in [0.05, 0.1) is 17.6 Å². The van der Waals surface area contributed by atoms with Gasteiger partial charge in [-0.25, -0.2) is 0 Å². The molecule has 0 amide bonds. The number of carbonyl (C=O) groups excluding carboxylic acids is 1. The van der Waals surface area contributed by atoms with Crippen molar-refractivity contribution in [2.45, 2.75) is 117 Å². The van der Waals surface area contributed by atoms with E-state index in [1.165, 1.54) is 5.57 Å². The van der Waals surface area contributed by atoms with Crippen LogP contribution in [0.1, 0.15) is 99.3 Å². The van der Waals surface area contributed by atoms with Gasteiger partial charge in [-0.1, -0.05) is 44.9 Å². The van der Waals surface area contributed by atoms with Crippen LogP contribution in [0.15, 0.2) is 23.8 Å². The molecule has 3 saturated carbocycles. The van der Waals surface area contributed by atoms with E-state index in [2.05, 4.69) is 47.3 Å². The molecule has 1 saturated heterocycles. The van der Waals surface area contributed by atoms with Crippen molar-refractivity contribution in [3.63, 3.8) is 0 Å². The van der Waals surface area contributed by atoms with Crippen LogP contribution in [-0.2, 0) is 9.53 Å². The second-order valence-corrected chi connectivity index (χ2v) is 14.0. The van der Waals surface area contributed by atoms with Gasteiger partial charge in [-0.15, -0.1) is 6.58 Å². The van der Waals surface area contributed by atoms with Crippen molar-refractivity contribution in [1.82, 2.24) is 0 Å². The fourth-order valence-electron chi connectivity index (χ4n) is 10.2. The minimum atomic E-state index is -0.625. The first-order chi connectivity index (χ1) is 15.7. The predicted octanol–water partition coefficient (Wildman–Crippen LogP) is 5.97. The number of hydrogen-bond donors (Lipinski definition) is 2. The van der Waals surface area contributed by atoms with E-state index in [1.54, 1.807) is 0 Å². The Hall–Kier alpha value is -1.13. The number of hydrogen-bond acceptors (Lipinski definition) is 4. The van der Waals surface area contributed by atoms with Crippen molar-refractivity contribution in [3.8, 4) is 0 Å². The average molecular weight is 471 g/mol. The molecule has 5 rings (SSSR count). The Bertz CT molecular complexity index is 934. The monoisotopic (exact) mass is 470 g/mol. The van der Waals surface area contributed by atoms with E-state index in [0.717, 1.165) is 56.9 Å². The minimum Gasteiger partial charge on any atom is -0.458 e. The number of esters is 1. The summed E-state index contributed by atoms with van der Waals surface area (Å²) in [5, 5.41) is 22.4. The predicted molar refractivity (Wildman–Crippen MR) is 134 cm³/mol. The third-order valence-electron chi connectivity index (χ3n) is 11.9. The van der Waals surface area contributed by atoms with E-state index in [1.807, 2.05) is 6.92 Å². The molecule has 4 nitrogen and oxygen atoms in total. The maximum absolute atomic E-state index is 13.8. The molecule has 4 fully saturated rings. The Morgan fingerprint density at radius 2 is 1.85 bits per heavy atom. The quantitative estimate of drug-likeness (QED) is 0.393. The van der Waals surface area contributed by atoms with Crippen LogP contribution in [0.25, 0.3) is 0 Å². The Labute approximate surface area is 206 Å². The standard InChI is InChI=1S/C30H46O4/c1-18(2)9-8-14-29(7)24-21(31)17-28(6)20-10-11-22-26(3,4)23(32)13-15-27(22,5)19(20)12-16-30(24,28)25(33)34-29/h10,19,21-24,31-32H,1,8-9,11-17H2,2-7H3/t19-,21-,22+,23+,24-,27-,28+,29+,30-/m1/s1. The van der Waals surface area contributed by atoms with Gasteiger partial charge < -0.3 is 14.9 Å². The van der Waals surface area contributed by atoms with Gasteiger partial charge in [-0.05, 0) is 94.3 Å². The first-order valence-corrected chi connectivity index (χ1v) is 13.7. The highest BCUT2D eigenvalue weighted by Gasteiger charge is 2.78. The van der Waals surface area contributed by atoms with Crippen LogP contribution in [-0.4, -0.2) is 34.0 Å². The highest BCUT2D eigenvalue weighted by molar-refractivity contribution is 5.84. The second kappa shape index (κ2) is 7.44. The topological polar surface area (TPSA) is 66.8 Å². The zero-order valence-corrected chi connectivity index (χ0v) is 22.2. The van der Waals surface area contributed by atoms with Gasteiger partial charge in [-0.3, -0.25) is 4.79 Å². The van der Waals surface area contributed by atoms with Crippen molar-refractivity contribution in [1.29, 1.82) is 0 Å². The van der Waals surface area contributed by atoms with Crippen LogP contribution in [0.4, 0.5) is 0 Å². The lowest BCUT2D eigenvalue weighted by Gasteiger charge is -2.63. The molecule has 9 atom stereocenters.